The highest BCUT2D eigenvalue weighted by Gasteiger charge is 2.20. The number of carbonyl (C=O) groups is 1. The fourth-order valence-electron chi connectivity index (χ4n) is 2.94. The number of nitrogens with zero attached hydrogens (tertiary/aromatic N) is 2. The van der Waals surface area contributed by atoms with Gasteiger partial charge in [-0.1, -0.05) is 18.2 Å². The van der Waals surface area contributed by atoms with Crippen molar-refractivity contribution in [1.82, 2.24) is 9.88 Å². The van der Waals surface area contributed by atoms with Gasteiger partial charge >= 0.3 is 0 Å². The molecule has 6 nitrogen and oxygen atoms in total. The van der Waals surface area contributed by atoms with Crippen molar-refractivity contribution in [1.29, 1.82) is 0 Å². The number of para-hydroxylation sites is 1. The maximum atomic E-state index is 11.7. The number of hydrogen-bond acceptors (Lipinski definition) is 5. The van der Waals surface area contributed by atoms with Crippen LogP contribution < -0.4 is 10.5 Å². The summed E-state index contributed by atoms with van der Waals surface area (Å²) in [5.41, 5.74) is 6.70. The Kier molecular flexibility index (Phi) is 4.77. The molecule has 6 heteroatoms. The first-order valence-electron chi connectivity index (χ1n) is 8.20. The molecule has 2 aromatic carbocycles. The average Bonchev–Trinajstić information content (AvgIpc) is 2.57. The van der Waals surface area contributed by atoms with Crippen LogP contribution in [-0.2, 0) is 6.54 Å². The average molecular weight is 351 g/mol. The monoisotopic (exact) mass is 351 g/mol. The normalized spacial score (nSPS) is 11.1. The van der Waals surface area contributed by atoms with Crippen LogP contribution in [0, 0.1) is 6.92 Å². The van der Waals surface area contributed by atoms with Crippen LogP contribution in [0.1, 0.15) is 21.7 Å². The quantitative estimate of drug-likeness (QED) is 0.737. The Hall–Kier alpha value is -3.12. The van der Waals surface area contributed by atoms with Gasteiger partial charge in [0.05, 0.1) is 5.69 Å². The summed E-state index contributed by atoms with van der Waals surface area (Å²) in [4.78, 5) is 17.9. The van der Waals surface area contributed by atoms with Gasteiger partial charge in [0.2, 0.25) is 0 Å². The van der Waals surface area contributed by atoms with Gasteiger partial charge in [-0.15, -0.1) is 0 Å². The summed E-state index contributed by atoms with van der Waals surface area (Å²) in [7, 11) is 3.81. The molecule has 1 amide bonds. The zero-order chi connectivity index (χ0) is 18.8. The molecule has 0 aliphatic heterocycles. The fraction of sp³-hybridized carbons (Fsp3) is 0.200. The summed E-state index contributed by atoms with van der Waals surface area (Å²) in [6, 6.07) is 13.1. The number of nitrogens with two attached hydrogens (primary N) is 1. The smallest absolute Gasteiger partial charge is 0.271 e. The second-order valence-electron chi connectivity index (χ2n) is 6.44. The van der Waals surface area contributed by atoms with Gasteiger partial charge in [0, 0.05) is 17.3 Å². The first kappa shape index (κ1) is 17.7. The highest BCUT2D eigenvalue weighted by atomic mass is 16.5. The summed E-state index contributed by atoms with van der Waals surface area (Å²) in [6.07, 6.45) is 0. The Morgan fingerprint density at radius 2 is 1.88 bits per heavy atom. The van der Waals surface area contributed by atoms with E-state index in [9.17, 15) is 9.90 Å². The summed E-state index contributed by atoms with van der Waals surface area (Å²) < 4.78 is 5.93. The zero-order valence-corrected chi connectivity index (χ0v) is 15.0. The van der Waals surface area contributed by atoms with Gasteiger partial charge in [-0.3, -0.25) is 4.79 Å². The summed E-state index contributed by atoms with van der Waals surface area (Å²) in [5.74, 6) is 0.396. The SMILES string of the molecule is Cc1cc(Oc2ccccc2)cc2c(CN(C)C)nc(C(N)=O)c(O)c12. The number of amides is 1. The van der Waals surface area contributed by atoms with E-state index in [0.717, 1.165) is 10.9 Å². The van der Waals surface area contributed by atoms with Crippen LogP contribution in [0.15, 0.2) is 42.5 Å². The summed E-state index contributed by atoms with van der Waals surface area (Å²) in [5, 5.41) is 11.8. The van der Waals surface area contributed by atoms with Crippen molar-refractivity contribution in [2.45, 2.75) is 13.5 Å². The molecule has 0 aliphatic rings. The molecular weight excluding hydrogens is 330 g/mol. The first-order valence-corrected chi connectivity index (χ1v) is 8.20. The van der Waals surface area contributed by atoms with Crippen molar-refractivity contribution in [2.75, 3.05) is 14.1 Å². The van der Waals surface area contributed by atoms with Crippen LogP contribution in [-0.4, -0.2) is 35.0 Å². The Bertz CT molecular complexity index is 969. The number of pyridine rings is 1. The molecule has 26 heavy (non-hydrogen) atoms. The van der Waals surface area contributed by atoms with Gasteiger partial charge in [0.1, 0.15) is 11.5 Å². The van der Waals surface area contributed by atoms with E-state index in [1.807, 2.05) is 68.4 Å². The van der Waals surface area contributed by atoms with E-state index in [2.05, 4.69) is 4.98 Å². The predicted octanol–water partition coefficient (Wildman–Crippen LogP) is 3.20. The Morgan fingerprint density at radius 3 is 2.50 bits per heavy atom. The fourth-order valence-corrected chi connectivity index (χ4v) is 2.94. The number of aryl methyl sites for hydroxylation is 1. The molecule has 0 saturated carbocycles. The van der Waals surface area contributed by atoms with E-state index in [1.54, 1.807) is 0 Å². The molecule has 0 bridgehead atoms. The van der Waals surface area contributed by atoms with Crippen LogP contribution in [0.4, 0.5) is 0 Å². The molecular formula is C20H21N3O3. The number of aromatic hydroxyl groups is 1. The molecule has 0 spiro atoms. The zero-order valence-electron chi connectivity index (χ0n) is 15.0. The lowest BCUT2D eigenvalue weighted by atomic mass is 10.0. The summed E-state index contributed by atoms with van der Waals surface area (Å²) >= 11 is 0. The van der Waals surface area contributed by atoms with Gasteiger partial charge in [-0.2, -0.15) is 0 Å². The van der Waals surface area contributed by atoms with Crippen LogP contribution in [0.3, 0.4) is 0 Å². The topological polar surface area (TPSA) is 88.7 Å². The van der Waals surface area contributed by atoms with Gasteiger partial charge in [0.15, 0.2) is 11.4 Å². The number of aromatic nitrogens is 1. The predicted molar refractivity (Wildman–Crippen MR) is 101 cm³/mol. The number of ether oxygens (including phenoxy) is 1. The lowest BCUT2D eigenvalue weighted by molar-refractivity contribution is 0.0992. The Labute approximate surface area is 151 Å². The number of fused-ring (bicyclic) bond motifs is 1. The number of carbonyl (C=O) groups excluding carboxylic acids is 1. The van der Waals surface area contributed by atoms with Gasteiger partial charge in [0.25, 0.3) is 5.91 Å². The lowest BCUT2D eigenvalue weighted by Crippen LogP contribution is -2.18. The highest BCUT2D eigenvalue weighted by molar-refractivity contribution is 6.03. The third-order valence-corrected chi connectivity index (χ3v) is 4.01. The molecule has 1 heterocycles. The Balaban J connectivity index is 2.21. The summed E-state index contributed by atoms with van der Waals surface area (Å²) in [6.45, 7) is 2.34. The van der Waals surface area contributed by atoms with Crippen LogP contribution in [0.2, 0.25) is 0 Å². The molecule has 0 unspecified atom stereocenters. The maximum absolute atomic E-state index is 11.7. The first-order chi connectivity index (χ1) is 12.4. The minimum absolute atomic E-state index is 0.117. The molecule has 3 aromatic rings. The van der Waals surface area contributed by atoms with Crippen molar-refractivity contribution >= 4 is 16.7 Å². The number of rotatable bonds is 5. The van der Waals surface area contributed by atoms with E-state index < -0.39 is 5.91 Å². The maximum Gasteiger partial charge on any atom is 0.271 e. The molecule has 1 aromatic heterocycles. The second kappa shape index (κ2) is 7.01. The van der Waals surface area contributed by atoms with E-state index in [1.165, 1.54) is 0 Å². The third-order valence-electron chi connectivity index (χ3n) is 4.01. The van der Waals surface area contributed by atoms with E-state index >= 15 is 0 Å². The van der Waals surface area contributed by atoms with Crippen molar-refractivity contribution in [3.63, 3.8) is 0 Å². The molecule has 134 valence electrons. The number of primary amides is 1. The molecule has 3 rings (SSSR count). The molecule has 0 atom stereocenters. The van der Waals surface area contributed by atoms with Gasteiger partial charge in [-0.25, -0.2) is 4.98 Å². The van der Waals surface area contributed by atoms with Crippen LogP contribution in [0.5, 0.6) is 17.2 Å². The molecule has 0 saturated heterocycles. The van der Waals surface area contributed by atoms with Crippen molar-refractivity contribution in [2.24, 2.45) is 5.73 Å². The number of hydrogen-bond donors (Lipinski definition) is 2. The standard InChI is InChI=1S/C20H21N3O3/c1-12-9-14(26-13-7-5-4-6-8-13)10-15-16(11-23(2)3)22-18(20(21)25)19(24)17(12)15/h4-10,24H,11H2,1-3H3,(H2,21,25). The van der Waals surface area contributed by atoms with Crippen LogP contribution in [0.25, 0.3) is 10.8 Å². The minimum Gasteiger partial charge on any atom is -0.505 e. The van der Waals surface area contributed by atoms with E-state index in [0.29, 0.717) is 29.1 Å². The van der Waals surface area contributed by atoms with Crippen molar-refractivity contribution < 1.29 is 14.6 Å². The van der Waals surface area contributed by atoms with Crippen molar-refractivity contribution in [3.8, 4) is 17.2 Å². The molecule has 0 aliphatic carbocycles. The molecule has 3 N–H and O–H groups in total. The third kappa shape index (κ3) is 3.45. The second-order valence-corrected chi connectivity index (χ2v) is 6.44. The minimum atomic E-state index is -0.756. The van der Waals surface area contributed by atoms with E-state index in [-0.39, 0.29) is 11.4 Å². The lowest BCUT2D eigenvalue weighted by Gasteiger charge is -2.17. The van der Waals surface area contributed by atoms with Gasteiger partial charge < -0.3 is 20.5 Å². The van der Waals surface area contributed by atoms with Crippen molar-refractivity contribution in [3.05, 3.63) is 59.4 Å². The largest absolute Gasteiger partial charge is 0.505 e. The molecule has 0 fully saturated rings. The molecule has 0 radical (unpaired) electrons. The Morgan fingerprint density at radius 1 is 1.19 bits per heavy atom. The van der Waals surface area contributed by atoms with Crippen LogP contribution >= 0.6 is 0 Å². The highest BCUT2D eigenvalue weighted by Crippen LogP contribution is 2.36. The number of benzene rings is 2. The van der Waals surface area contributed by atoms with E-state index in [4.69, 9.17) is 10.5 Å². The van der Waals surface area contributed by atoms with Gasteiger partial charge in [-0.05, 0) is 50.8 Å².